The van der Waals surface area contributed by atoms with Crippen LogP contribution < -0.4 is 5.32 Å². The fourth-order valence-corrected chi connectivity index (χ4v) is 3.21. The summed E-state index contributed by atoms with van der Waals surface area (Å²) in [6.45, 7) is 4.00. The van der Waals surface area contributed by atoms with Crippen molar-refractivity contribution in [1.82, 2.24) is 10.2 Å². The molecule has 0 aromatic rings. The number of likely N-dealkylation sites (tertiary alicyclic amines) is 1. The lowest BCUT2D eigenvalue weighted by atomic mass is 9.82. The van der Waals surface area contributed by atoms with E-state index >= 15 is 0 Å². The Kier molecular flexibility index (Phi) is 6.23. The highest BCUT2D eigenvalue weighted by Crippen LogP contribution is 2.25. The van der Waals surface area contributed by atoms with Crippen molar-refractivity contribution in [2.75, 3.05) is 26.2 Å². The highest BCUT2D eigenvalue weighted by Gasteiger charge is 2.33. The Morgan fingerprint density at radius 1 is 1.10 bits per heavy atom. The van der Waals surface area contributed by atoms with Crippen LogP contribution >= 0.6 is 0 Å². The zero-order chi connectivity index (χ0) is 15.1. The lowest BCUT2D eigenvalue weighted by Gasteiger charge is -2.27. The van der Waals surface area contributed by atoms with E-state index < -0.39 is 17.8 Å². The molecule has 118 valence electrons. The van der Waals surface area contributed by atoms with Crippen molar-refractivity contribution in [3.8, 4) is 0 Å². The Morgan fingerprint density at radius 2 is 1.76 bits per heavy atom. The van der Waals surface area contributed by atoms with E-state index in [1.54, 1.807) is 0 Å². The lowest BCUT2D eigenvalue weighted by Crippen LogP contribution is -2.40. The molecule has 0 aromatic heterocycles. The molecular formula is C16H26N2O3. The summed E-state index contributed by atoms with van der Waals surface area (Å²) in [7, 11) is 0. The van der Waals surface area contributed by atoms with E-state index in [4.69, 9.17) is 0 Å². The van der Waals surface area contributed by atoms with Crippen LogP contribution in [0.5, 0.6) is 0 Å². The van der Waals surface area contributed by atoms with Crippen LogP contribution in [-0.2, 0) is 9.59 Å². The van der Waals surface area contributed by atoms with Gasteiger partial charge in [0.1, 0.15) is 0 Å². The van der Waals surface area contributed by atoms with E-state index in [9.17, 15) is 14.7 Å². The van der Waals surface area contributed by atoms with Crippen LogP contribution in [0.25, 0.3) is 0 Å². The molecule has 0 spiro atoms. The van der Waals surface area contributed by atoms with Crippen molar-refractivity contribution < 1.29 is 14.7 Å². The van der Waals surface area contributed by atoms with E-state index in [0.717, 1.165) is 13.0 Å². The molecule has 0 aromatic carbocycles. The van der Waals surface area contributed by atoms with Crippen LogP contribution in [0.4, 0.5) is 0 Å². The van der Waals surface area contributed by atoms with Gasteiger partial charge < -0.3 is 15.3 Å². The minimum absolute atomic E-state index is 0.106. The number of nitrogens with one attached hydrogen (secondary N) is 1. The minimum atomic E-state index is -0.868. The standard InChI is InChI=1S/C16H26N2O3/c19-15(13-7-2-3-8-14(13)16(20)21)17-9-6-12-18-10-4-1-5-11-18/h2-3,13-14H,1,4-12H2,(H,17,19)(H,20,21). The first-order valence-corrected chi connectivity index (χ1v) is 8.06. The molecule has 0 saturated carbocycles. The largest absolute Gasteiger partial charge is 0.481 e. The van der Waals surface area contributed by atoms with Gasteiger partial charge in [-0.05, 0) is 51.7 Å². The maximum absolute atomic E-state index is 12.1. The smallest absolute Gasteiger partial charge is 0.307 e. The van der Waals surface area contributed by atoms with E-state index in [0.29, 0.717) is 19.4 Å². The molecule has 1 amide bonds. The second kappa shape index (κ2) is 8.17. The first-order chi connectivity index (χ1) is 10.2. The molecule has 1 aliphatic heterocycles. The number of carboxylic acids is 1. The second-order valence-corrected chi connectivity index (χ2v) is 6.04. The summed E-state index contributed by atoms with van der Waals surface area (Å²) in [6, 6.07) is 0. The molecule has 21 heavy (non-hydrogen) atoms. The Bertz CT molecular complexity index is 389. The molecule has 2 N–H and O–H groups in total. The molecule has 2 rings (SSSR count). The van der Waals surface area contributed by atoms with Crippen LogP contribution in [0.1, 0.15) is 38.5 Å². The third kappa shape index (κ3) is 4.84. The Labute approximate surface area is 126 Å². The van der Waals surface area contributed by atoms with Gasteiger partial charge >= 0.3 is 5.97 Å². The van der Waals surface area contributed by atoms with E-state index in [1.165, 1.54) is 32.4 Å². The van der Waals surface area contributed by atoms with Gasteiger partial charge in [-0.1, -0.05) is 18.6 Å². The predicted octanol–water partition coefficient (Wildman–Crippen LogP) is 1.65. The summed E-state index contributed by atoms with van der Waals surface area (Å²) in [5.41, 5.74) is 0. The Morgan fingerprint density at radius 3 is 2.43 bits per heavy atom. The van der Waals surface area contributed by atoms with Gasteiger partial charge in [0.25, 0.3) is 0 Å². The van der Waals surface area contributed by atoms with Crippen molar-refractivity contribution >= 4 is 11.9 Å². The first-order valence-electron chi connectivity index (χ1n) is 8.06. The normalized spacial score (nSPS) is 26.5. The number of allylic oxidation sites excluding steroid dienone is 2. The molecule has 2 atom stereocenters. The average Bonchev–Trinajstić information content (AvgIpc) is 2.52. The number of rotatable bonds is 6. The van der Waals surface area contributed by atoms with Gasteiger partial charge in [0, 0.05) is 6.54 Å². The number of amides is 1. The lowest BCUT2D eigenvalue weighted by molar-refractivity contribution is -0.147. The number of carbonyl (C=O) groups excluding carboxylic acids is 1. The Balaban J connectivity index is 1.68. The molecule has 2 unspecified atom stereocenters. The number of aliphatic carboxylic acids is 1. The van der Waals surface area contributed by atoms with Gasteiger partial charge in [0.2, 0.25) is 5.91 Å². The maximum atomic E-state index is 12.1. The fraction of sp³-hybridized carbons (Fsp3) is 0.750. The van der Waals surface area contributed by atoms with Crippen molar-refractivity contribution in [2.45, 2.75) is 38.5 Å². The first kappa shape index (κ1) is 16.0. The van der Waals surface area contributed by atoms with Gasteiger partial charge in [-0.3, -0.25) is 9.59 Å². The number of carboxylic acid groups (broad SMARTS) is 1. The summed E-state index contributed by atoms with van der Waals surface area (Å²) in [4.78, 5) is 25.8. The van der Waals surface area contributed by atoms with Crippen molar-refractivity contribution in [3.05, 3.63) is 12.2 Å². The minimum Gasteiger partial charge on any atom is -0.481 e. The zero-order valence-corrected chi connectivity index (χ0v) is 12.6. The van der Waals surface area contributed by atoms with Crippen LogP contribution in [-0.4, -0.2) is 48.1 Å². The van der Waals surface area contributed by atoms with Gasteiger partial charge in [-0.2, -0.15) is 0 Å². The molecule has 0 radical (unpaired) electrons. The number of hydrogen-bond donors (Lipinski definition) is 2. The van der Waals surface area contributed by atoms with Crippen molar-refractivity contribution in [2.24, 2.45) is 11.8 Å². The number of carbonyl (C=O) groups is 2. The summed E-state index contributed by atoms with van der Waals surface area (Å²) < 4.78 is 0. The van der Waals surface area contributed by atoms with Crippen LogP contribution in [0.2, 0.25) is 0 Å². The zero-order valence-electron chi connectivity index (χ0n) is 12.6. The molecular weight excluding hydrogens is 268 g/mol. The van der Waals surface area contributed by atoms with Crippen LogP contribution in [0, 0.1) is 11.8 Å². The molecule has 2 aliphatic rings. The Hall–Kier alpha value is -1.36. The molecule has 0 bridgehead atoms. The monoisotopic (exact) mass is 294 g/mol. The molecule has 1 saturated heterocycles. The number of hydrogen-bond acceptors (Lipinski definition) is 3. The third-order valence-electron chi connectivity index (χ3n) is 4.49. The van der Waals surface area contributed by atoms with Gasteiger partial charge in [-0.15, -0.1) is 0 Å². The van der Waals surface area contributed by atoms with Crippen molar-refractivity contribution in [3.63, 3.8) is 0 Å². The molecule has 5 nitrogen and oxygen atoms in total. The summed E-state index contributed by atoms with van der Waals surface area (Å²) >= 11 is 0. The highest BCUT2D eigenvalue weighted by molar-refractivity contribution is 5.85. The van der Waals surface area contributed by atoms with Gasteiger partial charge in [0.15, 0.2) is 0 Å². The fourth-order valence-electron chi connectivity index (χ4n) is 3.21. The van der Waals surface area contributed by atoms with E-state index in [-0.39, 0.29) is 5.91 Å². The predicted molar refractivity (Wildman–Crippen MR) is 80.9 cm³/mol. The molecule has 1 aliphatic carbocycles. The van der Waals surface area contributed by atoms with Gasteiger partial charge in [0.05, 0.1) is 11.8 Å². The molecule has 5 heteroatoms. The number of piperidine rings is 1. The molecule has 1 heterocycles. The number of nitrogens with zero attached hydrogens (tertiary/aromatic N) is 1. The average molecular weight is 294 g/mol. The summed E-state index contributed by atoms with van der Waals surface area (Å²) in [5.74, 6) is -1.96. The summed E-state index contributed by atoms with van der Waals surface area (Å²) in [5, 5.41) is 12.1. The van der Waals surface area contributed by atoms with E-state index in [2.05, 4.69) is 10.2 Å². The third-order valence-corrected chi connectivity index (χ3v) is 4.49. The summed E-state index contributed by atoms with van der Waals surface area (Å²) in [6.07, 6.45) is 9.60. The maximum Gasteiger partial charge on any atom is 0.307 e. The van der Waals surface area contributed by atoms with Crippen LogP contribution in [0.3, 0.4) is 0 Å². The van der Waals surface area contributed by atoms with Crippen molar-refractivity contribution in [1.29, 1.82) is 0 Å². The second-order valence-electron chi connectivity index (χ2n) is 6.04. The van der Waals surface area contributed by atoms with E-state index in [1.807, 2.05) is 12.2 Å². The SMILES string of the molecule is O=C(O)C1CC=CCC1C(=O)NCCCN1CCCCC1. The quantitative estimate of drug-likeness (QED) is 0.577. The van der Waals surface area contributed by atoms with Gasteiger partial charge in [-0.25, -0.2) is 0 Å². The topological polar surface area (TPSA) is 69.6 Å². The molecule has 1 fully saturated rings. The highest BCUT2D eigenvalue weighted by atomic mass is 16.4. The van der Waals surface area contributed by atoms with Crippen LogP contribution in [0.15, 0.2) is 12.2 Å².